The number of halogens is 3. The van der Waals surface area contributed by atoms with E-state index in [0.29, 0.717) is 12.8 Å². The Labute approximate surface area is 77.5 Å². The molecular formula is C10H17F3. The molecule has 0 unspecified atom stereocenters. The minimum absolute atomic E-state index is 0.306. The highest BCUT2D eigenvalue weighted by Crippen LogP contribution is 2.59. The Morgan fingerprint density at radius 3 is 1.46 bits per heavy atom. The summed E-state index contributed by atoms with van der Waals surface area (Å²) in [6.07, 6.45) is -1.99. The Morgan fingerprint density at radius 2 is 1.31 bits per heavy atom. The molecule has 3 heteroatoms. The van der Waals surface area contributed by atoms with Crippen LogP contribution < -0.4 is 0 Å². The summed E-state index contributed by atoms with van der Waals surface area (Å²) in [7, 11) is 0. The summed E-state index contributed by atoms with van der Waals surface area (Å²) in [5.41, 5.74) is -2.10. The van der Waals surface area contributed by atoms with Gasteiger partial charge in [-0.2, -0.15) is 13.2 Å². The molecule has 0 aromatic heterocycles. The normalized spacial score (nSPS) is 23.5. The highest BCUT2D eigenvalue weighted by molar-refractivity contribution is 4.98. The van der Waals surface area contributed by atoms with Crippen LogP contribution in [0.25, 0.3) is 0 Å². The summed E-state index contributed by atoms with van der Waals surface area (Å²) < 4.78 is 38.7. The van der Waals surface area contributed by atoms with Crippen LogP contribution in [0.3, 0.4) is 0 Å². The van der Waals surface area contributed by atoms with Gasteiger partial charge in [0.05, 0.1) is 5.41 Å². The Hall–Kier alpha value is -0.210. The van der Waals surface area contributed by atoms with Gasteiger partial charge in [-0.25, -0.2) is 0 Å². The van der Waals surface area contributed by atoms with Gasteiger partial charge in [0.15, 0.2) is 0 Å². The topological polar surface area (TPSA) is 0 Å². The number of hydrogen-bond donors (Lipinski definition) is 0. The molecule has 0 radical (unpaired) electrons. The van der Waals surface area contributed by atoms with E-state index in [-0.39, 0.29) is 0 Å². The van der Waals surface area contributed by atoms with Gasteiger partial charge in [-0.3, -0.25) is 0 Å². The molecule has 0 aromatic carbocycles. The molecule has 0 saturated heterocycles. The maximum atomic E-state index is 12.9. The molecule has 1 rings (SSSR count). The van der Waals surface area contributed by atoms with Gasteiger partial charge in [0, 0.05) is 0 Å². The summed E-state index contributed by atoms with van der Waals surface area (Å²) in [4.78, 5) is 0. The maximum Gasteiger partial charge on any atom is 0.395 e. The molecule has 0 bridgehead atoms. The van der Waals surface area contributed by atoms with Crippen LogP contribution in [0.15, 0.2) is 0 Å². The Kier molecular flexibility index (Phi) is 2.42. The third-order valence-corrected chi connectivity index (χ3v) is 3.44. The van der Waals surface area contributed by atoms with E-state index in [1.165, 1.54) is 0 Å². The standard InChI is InChI=1S/C10H17F3/c1-8(2,3)9(10(11,12)13)6-4-5-7-9/h4-7H2,1-3H3. The van der Waals surface area contributed by atoms with E-state index in [1.807, 2.05) is 0 Å². The summed E-state index contributed by atoms with van der Waals surface area (Å²) in [5, 5.41) is 0. The molecule has 1 aliphatic carbocycles. The predicted molar refractivity (Wildman–Crippen MR) is 46.4 cm³/mol. The Bertz CT molecular complexity index is 163. The number of alkyl halides is 3. The average molecular weight is 194 g/mol. The minimum atomic E-state index is -4.04. The van der Waals surface area contributed by atoms with E-state index >= 15 is 0 Å². The lowest BCUT2D eigenvalue weighted by Crippen LogP contribution is -2.45. The molecule has 0 aliphatic heterocycles. The van der Waals surface area contributed by atoms with Crippen molar-refractivity contribution in [2.24, 2.45) is 10.8 Å². The largest absolute Gasteiger partial charge is 0.395 e. The SMILES string of the molecule is CC(C)(C)C1(C(F)(F)F)CCCC1. The van der Waals surface area contributed by atoms with Crippen molar-refractivity contribution < 1.29 is 13.2 Å². The van der Waals surface area contributed by atoms with Crippen LogP contribution in [-0.4, -0.2) is 6.18 Å². The van der Waals surface area contributed by atoms with Crippen molar-refractivity contribution in [3.63, 3.8) is 0 Å². The molecule has 1 aliphatic rings. The van der Waals surface area contributed by atoms with E-state index in [0.717, 1.165) is 12.8 Å². The molecule has 13 heavy (non-hydrogen) atoms. The molecule has 0 atom stereocenters. The van der Waals surface area contributed by atoms with Crippen LogP contribution in [0.2, 0.25) is 0 Å². The first-order valence-electron chi connectivity index (χ1n) is 4.77. The summed E-state index contributed by atoms with van der Waals surface area (Å²) in [5.74, 6) is 0. The lowest BCUT2D eigenvalue weighted by atomic mass is 9.65. The quantitative estimate of drug-likeness (QED) is 0.543. The molecule has 78 valence electrons. The van der Waals surface area contributed by atoms with Gasteiger partial charge in [-0.1, -0.05) is 33.6 Å². The molecule has 0 nitrogen and oxygen atoms in total. The van der Waals surface area contributed by atoms with Gasteiger partial charge in [-0.15, -0.1) is 0 Å². The van der Waals surface area contributed by atoms with Gasteiger partial charge in [0.25, 0.3) is 0 Å². The van der Waals surface area contributed by atoms with E-state index in [1.54, 1.807) is 20.8 Å². The van der Waals surface area contributed by atoms with Gasteiger partial charge < -0.3 is 0 Å². The molecule has 1 fully saturated rings. The van der Waals surface area contributed by atoms with E-state index in [4.69, 9.17) is 0 Å². The second-order valence-electron chi connectivity index (χ2n) is 5.04. The third-order valence-electron chi connectivity index (χ3n) is 3.44. The van der Waals surface area contributed by atoms with Crippen molar-refractivity contribution in [1.82, 2.24) is 0 Å². The van der Waals surface area contributed by atoms with Crippen LogP contribution in [0.1, 0.15) is 46.5 Å². The highest BCUT2D eigenvalue weighted by Gasteiger charge is 2.61. The molecular weight excluding hydrogens is 177 g/mol. The van der Waals surface area contributed by atoms with Gasteiger partial charge in [0.2, 0.25) is 0 Å². The highest BCUT2D eigenvalue weighted by atomic mass is 19.4. The van der Waals surface area contributed by atoms with Crippen molar-refractivity contribution in [3.8, 4) is 0 Å². The molecule has 0 aromatic rings. The van der Waals surface area contributed by atoms with Crippen LogP contribution in [-0.2, 0) is 0 Å². The first-order valence-corrected chi connectivity index (χ1v) is 4.77. The number of hydrogen-bond acceptors (Lipinski definition) is 0. The maximum absolute atomic E-state index is 12.9. The van der Waals surface area contributed by atoms with Gasteiger partial charge in [0.1, 0.15) is 0 Å². The zero-order chi connectivity index (χ0) is 10.3. The average Bonchev–Trinajstić information content (AvgIpc) is 2.28. The van der Waals surface area contributed by atoms with Crippen molar-refractivity contribution in [3.05, 3.63) is 0 Å². The van der Waals surface area contributed by atoms with Crippen molar-refractivity contribution >= 4 is 0 Å². The fourth-order valence-electron chi connectivity index (χ4n) is 2.44. The Balaban J connectivity index is 3.02. The molecule has 0 amide bonds. The zero-order valence-electron chi connectivity index (χ0n) is 8.46. The fourth-order valence-corrected chi connectivity index (χ4v) is 2.44. The smallest absolute Gasteiger partial charge is 0.170 e. The second-order valence-corrected chi connectivity index (χ2v) is 5.04. The van der Waals surface area contributed by atoms with E-state index < -0.39 is 17.0 Å². The van der Waals surface area contributed by atoms with Crippen molar-refractivity contribution in [2.75, 3.05) is 0 Å². The summed E-state index contributed by atoms with van der Waals surface area (Å²) in [6.45, 7) is 5.10. The lowest BCUT2D eigenvalue weighted by molar-refractivity contribution is -0.255. The summed E-state index contributed by atoms with van der Waals surface area (Å²) >= 11 is 0. The van der Waals surface area contributed by atoms with E-state index in [2.05, 4.69) is 0 Å². The van der Waals surface area contributed by atoms with Gasteiger partial charge in [-0.05, 0) is 18.3 Å². The summed E-state index contributed by atoms with van der Waals surface area (Å²) in [6, 6.07) is 0. The lowest BCUT2D eigenvalue weighted by Gasteiger charge is -2.43. The van der Waals surface area contributed by atoms with Crippen molar-refractivity contribution in [2.45, 2.75) is 52.6 Å². The monoisotopic (exact) mass is 194 g/mol. The minimum Gasteiger partial charge on any atom is -0.170 e. The first-order chi connectivity index (χ1) is 5.71. The zero-order valence-corrected chi connectivity index (χ0v) is 8.46. The van der Waals surface area contributed by atoms with Crippen LogP contribution in [0.4, 0.5) is 13.2 Å². The Morgan fingerprint density at radius 1 is 0.923 bits per heavy atom. The first kappa shape index (κ1) is 10.9. The number of rotatable bonds is 0. The van der Waals surface area contributed by atoms with Crippen LogP contribution in [0.5, 0.6) is 0 Å². The molecule has 0 spiro atoms. The van der Waals surface area contributed by atoms with Crippen molar-refractivity contribution in [1.29, 1.82) is 0 Å². The van der Waals surface area contributed by atoms with Gasteiger partial charge >= 0.3 is 6.18 Å². The third kappa shape index (κ3) is 1.57. The van der Waals surface area contributed by atoms with Crippen LogP contribution in [0, 0.1) is 10.8 Å². The second kappa shape index (κ2) is 2.89. The molecule has 0 N–H and O–H groups in total. The van der Waals surface area contributed by atoms with E-state index in [9.17, 15) is 13.2 Å². The fraction of sp³-hybridized carbons (Fsp3) is 1.00. The predicted octanol–water partition coefficient (Wildman–Crippen LogP) is 4.16. The van der Waals surface area contributed by atoms with Crippen LogP contribution >= 0.6 is 0 Å². The molecule has 0 heterocycles. The molecule has 1 saturated carbocycles.